The van der Waals surface area contributed by atoms with Gasteiger partial charge in [-0.25, -0.2) is 0 Å². The van der Waals surface area contributed by atoms with Crippen molar-refractivity contribution >= 4 is 28.8 Å². The summed E-state index contributed by atoms with van der Waals surface area (Å²) in [6.07, 6.45) is 0. The molecule has 0 radical (unpaired) electrons. The Bertz CT molecular complexity index is 873. The summed E-state index contributed by atoms with van der Waals surface area (Å²) < 4.78 is 5.34. The van der Waals surface area contributed by atoms with E-state index in [2.05, 4.69) is 10.2 Å². The highest BCUT2D eigenvalue weighted by Gasteiger charge is 2.17. The molecule has 2 aromatic rings. The third kappa shape index (κ3) is 4.29. The van der Waals surface area contributed by atoms with Crippen molar-refractivity contribution in [1.29, 1.82) is 0 Å². The topological polar surface area (TPSA) is 102 Å². The van der Waals surface area contributed by atoms with E-state index in [0.717, 1.165) is 18.8 Å². The summed E-state index contributed by atoms with van der Waals surface area (Å²) in [5.74, 6) is -0.601. The van der Waals surface area contributed by atoms with Crippen molar-refractivity contribution in [3.05, 3.63) is 63.7 Å². The largest absolute Gasteiger partial charge is 0.378 e. The van der Waals surface area contributed by atoms with Gasteiger partial charge in [-0.05, 0) is 37.3 Å². The molecule has 1 saturated heterocycles. The van der Waals surface area contributed by atoms with E-state index >= 15 is 0 Å². The number of nitro benzene ring substituents is 1. The van der Waals surface area contributed by atoms with E-state index in [1.165, 1.54) is 31.2 Å². The van der Waals surface area contributed by atoms with E-state index in [-0.39, 0.29) is 17.0 Å². The average Bonchev–Trinajstić information content (AvgIpc) is 2.68. The zero-order valence-corrected chi connectivity index (χ0v) is 14.8. The van der Waals surface area contributed by atoms with Crippen molar-refractivity contribution in [1.82, 2.24) is 0 Å². The third-order valence-corrected chi connectivity index (χ3v) is 4.35. The molecule has 8 nitrogen and oxygen atoms in total. The maximum absolute atomic E-state index is 12.4. The first-order chi connectivity index (χ1) is 13.0. The van der Waals surface area contributed by atoms with Crippen LogP contribution in [-0.4, -0.2) is 42.9 Å². The number of hydrogen-bond acceptors (Lipinski definition) is 6. The standard InChI is InChI=1S/C19H19N3O5/c1-13(23)17-12-16(21-8-10-27-11-9-21)6-7-18(17)20-19(24)14-2-4-15(5-3-14)22(25)26/h2-7,12H,8-11H2,1H3,(H,20,24). The zero-order valence-electron chi connectivity index (χ0n) is 14.8. The smallest absolute Gasteiger partial charge is 0.269 e. The van der Waals surface area contributed by atoms with E-state index < -0.39 is 10.8 Å². The number of nitrogens with zero attached hydrogens (tertiary/aromatic N) is 2. The molecule has 0 spiro atoms. The monoisotopic (exact) mass is 369 g/mol. The molecule has 1 amide bonds. The number of anilines is 2. The number of ketones is 1. The van der Waals surface area contributed by atoms with Gasteiger partial charge in [-0.15, -0.1) is 0 Å². The summed E-state index contributed by atoms with van der Waals surface area (Å²) in [5, 5.41) is 13.4. The van der Waals surface area contributed by atoms with E-state index in [1.54, 1.807) is 12.1 Å². The predicted molar refractivity (Wildman–Crippen MR) is 101 cm³/mol. The Labute approximate surface area is 155 Å². The molecule has 1 aliphatic rings. The van der Waals surface area contributed by atoms with Gasteiger partial charge in [-0.2, -0.15) is 0 Å². The third-order valence-electron chi connectivity index (χ3n) is 4.35. The van der Waals surface area contributed by atoms with Gasteiger partial charge in [0, 0.05) is 42.0 Å². The first kappa shape index (κ1) is 18.5. The second-order valence-electron chi connectivity index (χ2n) is 6.14. The number of Topliss-reactive ketones (excluding diaryl/α,β-unsaturated/α-hetero) is 1. The first-order valence-corrected chi connectivity index (χ1v) is 8.49. The second kappa shape index (κ2) is 7.96. The van der Waals surface area contributed by atoms with Crippen molar-refractivity contribution in [2.45, 2.75) is 6.92 Å². The number of rotatable bonds is 5. The maximum Gasteiger partial charge on any atom is 0.269 e. The molecule has 0 aromatic heterocycles. The Balaban J connectivity index is 1.81. The quantitative estimate of drug-likeness (QED) is 0.494. The van der Waals surface area contributed by atoms with Crippen molar-refractivity contribution in [3.63, 3.8) is 0 Å². The number of ether oxygens (including phenoxy) is 1. The van der Waals surface area contributed by atoms with Crippen molar-refractivity contribution in [2.75, 3.05) is 36.5 Å². The molecule has 2 aromatic carbocycles. The highest BCUT2D eigenvalue weighted by atomic mass is 16.6. The van der Waals surface area contributed by atoms with Crippen molar-refractivity contribution in [2.24, 2.45) is 0 Å². The molecule has 0 atom stereocenters. The molecule has 27 heavy (non-hydrogen) atoms. The van der Waals surface area contributed by atoms with Gasteiger partial charge in [0.1, 0.15) is 0 Å². The van der Waals surface area contributed by atoms with Gasteiger partial charge in [-0.3, -0.25) is 19.7 Å². The minimum absolute atomic E-state index is 0.0918. The molecule has 8 heteroatoms. The van der Waals surface area contributed by atoms with Crippen molar-refractivity contribution in [3.8, 4) is 0 Å². The molecular formula is C19H19N3O5. The lowest BCUT2D eigenvalue weighted by Crippen LogP contribution is -2.36. The van der Waals surface area contributed by atoms with Crippen molar-refractivity contribution < 1.29 is 19.2 Å². The number of morpholine rings is 1. The summed E-state index contributed by atoms with van der Waals surface area (Å²) >= 11 is 0. The van der Waals surface area contributed by atoms with Crippen LogP contribution in [0.1, 0.15) is 27.6 Å². The van der Waals surface area contributed by atoms with Crippen LogP contribution in [0.5, 0.6) is 0 Å². The fraction of sp³-hybridized carbons (Fsp3) is 0.263. The minimum atomic E-state index is -0.528. The van der Waals surface area contributed by atoms with Crippen LogP contribution in [0.15, 0.2) is 42.5 Å². The normalized spacial score (nSPS) is 13.9. The number of nitro groups is 1. The Morgan fingerprint density at radius 1 is 1.11 bits per heavy atom. The van der Waals surface area contributed by atoms with Gasteiger partial charge in [0.2, 0.25) is 0 Å². The van der Waals surface area contributed by atoms with E-state index in [1.807, 2.05) is 6.07 Å². The zero-order chi connectivity index (χ0) is 19.4. The lowest BCUT2D eigenvalue weighted by Gasteiger charge is -2.29. The van der Waals surface area contributed by atoms with Gasteiger partial charge < -0.3 is 15.0 Å². The molecule has 140 valence electrons. The van der Waals surface area contributed by atoms with E-state index in [9.17, 15) is 19.7 Å². The average molecular weight is 369 g/mol. The molecule has 0 aliphatic carbocycles. The van der Waals surface area contributed by atoms with Crippen LogP contribution in [0.3, 0.4) is 0 Å². The number of benzene rings is 2. The molecular weight excluding hydrogens is 350 g/mol. The molecule has 0 saturated carbocycles. The number of hydrogen-bond donors (Lipinski definition) is 1. The number of nitrogens with one attached hydrogen (secondary N) is 1. The van der Waals surface area contributed by atoms with Gasteiger partial charge in [-0.1, -0.05) is 0 Å². The van der Waals surface area contributed by atoms with Gasteiger partial charge >= 0.3 is 0 Å². The number of amides is 1. The van der Waals surface area contributed by atoms with Crippen LogP contribution < -0.4 is 10.2 Å². The summed E-state index contributed by atoms with van der Waals surface area (Å²) in [4.78, 5) is 36.8. The van der Waals surface area contributed by atoms with Crippen LogP contribution >= 0.6 is 0 Å². The Morgan fingerprint density at radius 2 is 1.78 bits per heavy atom. The predicted octanol–water partition coefficient (Wildman–Crippen LogP) is 2.89. The minimum Gasteiger partial charge on any atom is -0.378 e. The number of non-ortho nitro benzene ring substituents is 1. The molecule has 1 N–H and O–H groups in total. The molecule has 1 fully saturated rings. The highest BCUT2D eigenvalue weighted by Crippen LogP contribution is 2.25. The Hall–Kier alpha value is -3.26. The first-order valence-electron chi connectivity index (χ1n) is 8.49. The molecule has 0 unspecified atom stereocenters. The second-order valence-corrected chi connectivity index (χ2v) is 6.14. The summed E-state index contributed by atoms with van der Waals surface area (Å²) in [6, 6.07) is 10.6. The molecule has 0 bridgehead atoms. The Kier molecular flexibility index (Phi) is 5.46. The van der Waals surface area contributed by atoms with Gasteiger partial charge in [0.15, 0.2) is 5.78 Å². The fourth-order valence-electron chi connectivity index (χ4n) is 2.88. The van der Waals surface area contributed by atoms with Crippen LogP contribution in [0.4, 0.5) is 17.1 Å². The lowest BCUT2D eigenvalue weighted by molar-refractivity contribution is -0.384. The SMILES string of the molecule is CC(=O)c1cc(N2CCOCC2)ccc1NC(=O)c1ccc([N+](=O)[O-])cc1. The Morgan fingerprint density at radius 3 is 2.37 bits per heavy atom. The van der Waals surface area contributed by atoms with Gasteiger partial charge in [0.05, 0.1) is 23.8 Å². The van der Waals surface area contributed by atoms with Gasteiger partial charge in [0.25, 0.3) is 11.6 Å². The summed E-state index contributed by atoms with van der Waals surface area (Å²) in [6.45, 7) is 4.19. The summed E-state index contributed by atoms with van der Waals surface area (Å²) in [5.41, 5.74) is 1.90. The van der Waals surface area contributed by atoms with E-state index in [0.29, 0.717) is 24.5 Å². The fourth-order valence-corrected chi connectivity index (χ4v) is 2.88. The van der Waals surface area contributed by atoms with E-state index in [4.69, 9.17) is 4.74 Å². The van der Waals surface area contributed by atoms with Crippen LogP contribution in [0.2, 0.25) is 0 Å². The number of carbonyl (C=O) groups excluding carboxylic acids is 2. The molecule has 3 rings (SSSR count). The van der Waals surface area contributed by atoms with Crippen LogP contribution in [-0.2, 0) is 4.74 Å². The van der Waals surface area contributed by atoms with Crippen LogP contribution in [0, 0.1) is 10.1 Å². The molecule has 1 aliphatic heterocycles. The number of carbonyl (C=O) groups is 2. The highest BCUT2D eigenvalue weighted by molar-refractivity contribution is 6.09. The summed E-state index contributed by atoms with van der Waals surface area (Å²) in [7, 11) is 0. The van der Waals surface area contributed by atoms with Crippen LogP contribution in [0.25, 0.3) is 0 Å². The maximum atomic E-state index is 12.4. The lowest BCUT2D eigenvalue weighted by atomic mass is 10.1. The molecule has 1 heterocycles.